The Labute approximate surface area is 180 Å². The maximum atomic E-state index is 12.7. The molecule has 0 amide bonds. The average molecular weight is 454 g/mol. The van der Waals surface area contributed by atoms with Gasteiger partial charge in [0.05, 0.1) is 23.5 Å². The Morgan fingerprint density at radius 2 is 1.94 bits per heavy atom. The molecule has 10 nitrogen and oxygen atoms in total. The highest BCUT2D eigenvalue weighted by Crippen LogP contribution is 2.24. The van der Waals surface area contributed by atoms with Crippen LogP contribution in [0.1, 0.15) is 16.1 Å². The second-order valence-electron chi connectivity index (χ2n) is 6.59. The largest absolute Gasteiger partial charge is 0.293 e. The summed E-state index contributed by atoms with van der Waals surface area (Å²) in [5, 5.41) is 19.3. The lowest BCUT2D eigenvalue weighted by atomic mass is 10.2. The lowest BCUT2D eigenvalue weighted by Gasteiger charge is -2.05. The molecular formula is C19H15N7O3S2. The molecule has 0 aliphatic rings. The molecule has 31 heavy (non-hydrogen) atoms. The molecule has 0 saturated carbocycles. The molecule has 0 saturated heterocycles. The normalized spacial score (nSPS) is 11.8. The average Bonchev–Trinajstić information content (AvgIpc) is 3.26. The van der Waals surface area contributed by atoms with E-state index in [1.807, 2.05) is 19.1 Å². The van der Waals surface area contributed by atoms with Crippen LogP contribution in [-0.2, 0) is 10.0 Å². The van der Waals surface area contributed by atoms with Gasteiger partial charge in [0.15, 0.2) is 10.7 Å². The van der Waals surface area contributed by atoms with Crippen molar-refractivity contribution < 1.29 is 8.42 Å². The van der Waals surface area contributed by atoms with Crippen LogP contribution < -0.4 is 10.3 Å². The van der Waals surface area contributed by atoms with Crippen molar-refractivity contribution in [2.75, 3.05) is 4.72 Å². The van der Waals surface area contributed by atoms with Crippen LogP contribution in [0, 0.1) is 25.3 Å². The number of anilines is 1. The minimum Gasteiger partial charge on any atom is -0.277 e. The summed E-state index contributed by atoms with van der Waals surface area (Å²) in [6.07, 6.45) is 5.81. The quantitative estimate of drug-likeness (QED) is 0.490. The van der Waals surface area contributed by atoms with Crippen molar-refractivity contribution in [1.82, 2.24) is 24.4 Å². The van der Waals surface area contributed by atoms with Gasteiger partial charge in [0.2, 0.25) is 6.19 Å². The van der Waals surface area contributed by atoms with Crippen LogP contribution in [-0.4, -0.2) is 32.8 Å². The highest BCUT2D eigenvalue weighted by atomic mass is 32.2. The fourth-order valence-corrected chi connectivity index (χ4v) is 4.38. The number of aryl methyl sites for hydroxylation is 2. The summed E-state index contributed by atoms with van der Waals surface area (Å²) in [5.41, 5.74) is 1.55. The fourth-order valence-electron chi connectivity index (χ4n) is 2.82. The first-order valence-corrected chi connectivity index (χ1v) is 11.3. The Morgan fingerprint density at radius 1 is 1.19 bits per heavy atom. The van der Waals surface area contributed by atoms with Gasteiger partial charge in [0.1, 0.15) is 10.6 Å². The van der Waals surface area contributed by atoms with Crippen LogP contribution in [0.5, 0.6) is 0 Å². The molecule has 12 heteroatoms. The number of benzene rings is 1. The van der Waals surface area contributed by atoms with Gasteiger partial charge in [-0.25, -0.2) is 17.9 Å². The molecule has 0 aliphatic carbocycles. The van der Waals surface area contributed by atoms with Crippen molar-refractivity contribution in [2.45, 2.75) is 13.8 Å². The van der Waals surface area contributed by atoms with E-state index in [1.54, 1.807) is 25.2 Å². The van der Waals surface area contributed by atoms with E-state index in [-0.39, 0.29) is 16.9 Å². The van der Waals surface area contributed by atoms with Gasteiger partial charge in [0, 0.05) is 0 Å². The number of nitrogens with one attached hydrogen (secondary N) is 1. The van der Waals surface area contributed by atoms with Crippen LogP contribution in [0.2, 0.25) is 0 Å². The molecule has 0 unspecified atom stereocenters. The summed E-state index contributed by atoms with van der Waals surface area (Å²) in [6.45, 7) is 3.68. The van der Waals surface area contributed by atoms with Crippen molar-refractivity contribution in [3.8, 4) is 16.8 Å². The molecular weight excluding hydrogens is 438 g/mol. The molecule has 1 aromatic carbocycles. The molecule has 156 valence electrons. The van der Waals surface area contributed by atoms with Gasteiger partial charge in [-0.2, -0.15) is 5.26 Å². The number of aromatic nitrogens is 5. The molecule has 3 aromatic heterocycles. The zero-order valence-corrected chi connectivity index (χ0v) is 18.0. The van der Waals surface area contributed by atoms with Crippen LogP contribution in [0.15, 0.2) is 46.9 Å². The number of sulfonamides is 1. The molecule has 0 spiro atoms. The first-order chi connectivity index (χ1) is 14.8. The number of rotatable bonds is 5. The van der Waals surface area contributed by atoms with E-state index in [2.05, 4.69) is 19.9 Å². The van der Waals surface area contributed by atoms with E-state index >= 15 is 0 Å². The van der Waals surface area contributed by atoms with Crippen molar-refractivity contribution in [1.29, 1.82) is 5.26 Å². The second-order valence-corrected chi connectivity index (χ2v) is 9.34. The number of nitriles is 1. The number of nitrogens with zero attached hydrogens (tertiary/aromatic N) is 6. The van der Waals surface area contributed by atoms with E-state index < -0.39 is 15.6 Å². The summed E-state index contributed by atoms with van der Waals surface area (Å²) in [4.78, 5) is 16.9. The molecule has 0 bridgehead atoms. The molecule has 0 radical (unpaired) electrons. The summed E-state index contributed by atoms with van der Waals surface area (Å²) in [7, 11) is -3.86. The van der Waals surface area contributed by atoms with Crippen LogP contribution >= 0.6 is 11.3 Å². The number of hydrogen-bond acceptors (Lipinski definition) is 8. The van der Waals surface area contributed by atoms with Crippen molar-refractivity contribution in [3.05, 3.63) is 68.6 Å². The van der Waals surface area contributed by atoms with Gasteiger partial charge < -0.3 is 0 Å². The smallest absolute Gasteiger partial charge is 0.277 e. The third kappa shape index (κ3) is 4.09. The molecule has 4 rings (SSSR count). The van der Waals surface area contributed by atoms with Gasteiger partial charge in [-0.3, -0.25) is 9.52 Å². The third-order valence-corrected chi connectivity index (χ3v) is 6.13. The fraction of sp³-hybridized carbons (Fsp3) is 0.105. The predicted octanol–water partition coefficient (Wildman–Crippen LogP) is 2.37. The maximum absolute atomic E-state index is 12.7. The minimum absolute atomic E-state index is 0.0834. The van der Waals surface area contributed by atoms with Crippen LogP contribution in [0.3, 0.4) is 0 Å². The SMILES string of the molecule is Cc1ccc(/C=C/S(=O)(=O)Nc2cnc3c(-c4nnc(C)s4)c(=O)n(C#N)n3c2)cc1. The molecule has 0 atom stereocenters. The monoisotopic (exact) mass is 453 g/mol. The van der Waals surface area contributed by atoms with Gasteiger partial charge in [-0.05, 0) is 25.5 Å². The van der Waals surface area contributed by atoms with E-state index in [1.165, 1.54) is 34.3 Å². The van der Waals surface area contributed by atoms with E-state index in [4.69, 9.17) is 0 Å². The molecule has 3 heterocycles. The standard InChI is InChI=1S/C19H15N7O3S2/c1-12-3-5-14(6-4-12)7-8-31(28,29)24-15-9-21-17-16(18-23-22-13(2)30-18)19(27)26(11-20)25(17)10-15/h3-10,24H,1-2H3/b8-7+. The highest BCUT2D eigenvalue weighted by molar-refractivity contribution is 7.95. The van der Waals surface area contributed by atoms with E-state index in [0.717, 1.165) is 21.2 Å². The Bertz CT molecular complexity index is 1520. The molecule has 0 fully saturated rings. The molecule has 4 aromatic rings. The van der Waals surface area contributed by atoms with Gasteiger partial charge in [0.25, 0.3) is 15.6 Å². The second kappa shape index (κ2) is 7.78. The molecule has 1 N–H and O–H groups in total. The summed E-state index contributed by atoms with van der Waals surface area (Å²) >= 11 is 1.19. The zero-order chi connectivity index (χ0) is 22.2. The predicted molar refractivity (Wildman–Crippen MR) is 117 cm³/mol. The van der Waals surface area contributed by atoms with Crippen molar-refractivity contribution in [3.63, 3.8) is 0 Å². The lowest BCUT2D eigenvalue weighted by molar-refractivity contribution is 0.609. The third-order valence-electron chi connectivity index (χ3n) is 4.26. The number of hydrogen-bond donors (Lipinski definition) is 1. The Morgan fingerprint density at radius 3 is 2.58 bits per heavy atom. The number of fused-ring (bicyclic) bond motifs is 1. The lowest BCUT2D eigenvalue weighted by Crippen LogP contribution is -2.16. The Balaban J connectivity index is 1.70. The Kier molecular flexibility index (Phi) is 5.14. The summed E-state index contributed by atoms with van der Waals surface area (Å²) < 4.78 is 29.2. The summed E-state index contributed by atoms with van der Waals surface area (Å²) in [5.74, 6) is 0. The van der Waals surface area contributed by atoms with Gasteiger partial charge in [-0.15, -0.1) is 14.9 Å². The van der Waals surface area contributed by atoms with E-state index in [9.17, 15) is 18.5 Å². The molecule has 0 aliphatic heterocycles. The maximum Gasteiger partial charge on any atom is 0.293 e. The van der Waals surface area contributed by atoms with Crippen molar-refractivity contribution >= 4 is 38.8 Å². The summed E-state index contributed by atoms with van der Waals surface area (Å²) in [6, 6.07) is 7.36. The van der Waals surface area contributed by atoms with Crippen LogP contribution in [0.25, 0.3) is 22.3 Å². The Hall–Kier alpha value is -3.82. The zero-order valence-electron chi connectivity index (χ0n) is 16.3. The first-order valence-electron chi connectivity index (χ1n) is 8.89. The minimum atomic E-state index is -3.86. The van der Waals surface area contributed by atoms with Crippen LogP contribution in [0.4, 0.5) is 5.69 Å². The van der Waals surface area contributed by atoms with E-state index in [0.29, 0.717) is 10.0 Å². The topological polar surface area (TPSA) is 135 Å². The van der Waals surface area contributed by atoms with Crippen molar-refractivity contribution in [2.24, 2.45) is 0 Å². The van der Waals surface area contributed by atoms with Gasteiger partial charge >= 0.3 is 0 Å². The van der Waals surface area contributed by atoms with Gasteiger partial charge in [-0.1, -0.05) is 41.2 Å². The first kappa shape index (κ1) is 20.5. The highest BCUT2D eigenvalue weighted by Gasteiger charge is 2.21.